The zero-order chi connectivity index (χ0) is 26.2. The van der Waals surface area contributed by atoms with E-state index in [1.165, 1.54) is 6.26 Å². The first-order chi connectivity index (χ1) is 17.3. The molecule has 2 aromatic carbocycles. The van der Waals surface area contributed by atoms with E-state index < -0.39 is 45.3 Å². The lowest BCUT2D eigenvalue weighted by Crippen LogP contribution is -2.32. The van der Waals surface area contributed by atoms with Crippen LogP contribution in [-0.2, 0) is 11.2 Å². The Morgan fingerprint density at radius 2 is 1.89 bits per heavy atom. The third kappa shape index (κ3) is 5.76. The number of carbonyl (C=O) groups is 3. The number of hydrogen-bond donors (Lipinski definition) is 3. The van der Waals surface area contributed by atoms with Gasteiger partial charge in [0.2, 0.25) is 5.76 Å². The lowest BCUT2D eigenvalue weighted by atomic mass is 10.00. The SMILES string of the molecule is CCCCCCc1cccc(-c2ccoc2C(=O)OC(=O)c2ccc(O)c([N+](=O)[O-])c2C(=O)NN)c1. The predicted octanol–water partition coefficient (Wildman–Crippen LogP) is 4.28. The second-order valence-corrected chi connectivity index (χ2v) is 7.94. The van der Waals surface area contributed by atoms with Gasteiger partial charge in [-0.15, -0.1) is 0 Å². The molecular weight excluding hydrogens is 470 g/mol. The molecule has 0 aliphatic rings. The summed E-state index contributed by atoms with van der Waals surface area (Å²) in [4.78, 5) is 48.0. The third-order valence-electron chi connectivity index (χ3n) is 5.51. The fourth-order valence-electron chi connectivity index (χ4n) is 3.77. The van der Waals surface area contributed by atoms with Gasteiger partial charge in [0.15, 0.2) is 5.75 Å². The van der Waals surface area contributed by atoms with Crippen molar-refractivity contribution in [2.24, 2.45) is 5.84 Å². The van der Waals surface area contributed by atoms with E-state index in [2.05, 4.69) is 6.92 Å². The van der Waals surface area contributed by atoms with E-state index in [9.17, 15) is 29.6 Å². The molecular formula is C25H25N3O8. The molecule has 0 radical (unpaired) electrons. The van der Waals surface area contributed by atoms with E-state index in [4.69, 9.17) is 15.0 Å². The number of nitrogens with one attached hydrogen (secondary N) is 1. The molecule has 188 valence electrons. The minimum Gasteiger partial charge on any atom is -0.502 e. The number of hydrazine groups is 1. The van der Waals surface area contributed by atoms with Crippen molar-refractivity contribution in [1.29, 1.82) is 0 Å². The summed E-state index contributed by atoms with van der Waals surface area (Å²) in [6.45, 7) is 2.14. The number of nitro groups is 1. The Balaban J connectivity index is 1.86. The van der Waals surface area contributed by atoms with Gasteiger partial charge in [-0.05, 0) is 42.2 Å². The number of benzene rings is 2. The maximum atomic E-state index is 12.8. The van der Waals surface area contributed by atoms with Gasteiger partial charge in [0.25, 0.3) is 5.91 Å². The Bertz CT molecular complexity index is 1300. The highest BCUT2D eigenvalue weighted by Gasteiger charge is 2.33. The van der Waals surface area contributed by atoms with E-state index in [1.807, 2.05) is 18.2 Å². The Morgan fingerprint density at radius 1 is 1.11 bits per heavy atom. The molecule has 1 amide bonds. The molecule has 4 N–H and O–H groups in total. The fraction of sp³-hybridized carbons (Fsp3) is 0.240. The molecule has 0 bridgehead atoms. The molecule has 0 atom stereocenters. The van der Waals surface area contributed by atoms with Crippen LogP contribution in [0.1, 0.15) is 69.4 Å². The van der Waals surface area contributed by atoms with Crippen LogP contribution in [-0.4, -0.2) is 27.9 Å². The molecule has 1 aromatic heterocycles. The first kappa shape index (κ1) is 26.1. The largest absolute Gasteiger partial charge is 0.502 e. The van der Waals surface area contributed by atoms with Crippen molar-refractivity contribution in [1.82, 2.24) is 5.43 Å². The molecule has 0 fully saturated rings. The minimum absolute atomic E-state index is 0.260. The van der Waals surface area contributed by atoms with Crippen LogP contribution in [0, 0.1) is 10.1 Å². The number of aryl methyl sites for hydroxylation is 1. The van der Waals surface area contributed by atoms with Crippen LogP contribution in [0.3, 0.4) is 0 Å². The van der Waals surface area contributed by atoms with Crippen LogP contribution in [0.2, 0.25) is 0 Å². The number of carbonyl (C=O) groups excluding carboxylic acids is 3. The average molecular weight is 495 g/mol. The molecule has 3 rings (SSSR count). The Morgan fingerprint density at radius 3 is 2.58 bits per heavy atom. The van der Waals surface area contributed by atoms with Crippen molar-refractivity contribution in [3.05, 3.63) is 81.3 Å². The molecule has 1 heterocycles. The molecule has 0 saturated carbocycles. The highest BCUT2D eigenvalue weighted by atomic mass is 16.6. The van der Waals surface area contributed by atoms with Gasteiger partial charge < -0.3 is 14.3 Å². The quantitative estimate of drug-likeness (QED) is 0.0704. The Hall–Kier alpha value is -4.51. The smallest absolute Gasteiger partial charge is 0.382 e. The van der Waals surface area contributed by atoms with Gasteiger partial charge in [-0.2, -0.15) is 0 Å². The van der Waals surface area contributed by atoms with Gasteiger partial charge in [0, 0.05) is 5.56 Å². The molecule has 36 heavy (non-hydrogen) atoms. The van der Waals surface area contributed by atoms with Crippen molar-refractivity contribution in [2.45, 2.75) is 39.0 Å². The van der Waals surface area contributed by atoms with E-state index in [0.29, 0.717) is 11.1 Å². The number of nitro benzene ring substituents is 1. The summed E-state index contributed by atoms with van der Waals surface area (Å²) in [5, 5.41) is 21.2. The Labute approximate surface area is 206 Å². The summed E-state index contributed by atoms with van der Waals surface area (Å²) in [6, 6.07) is 10.8. The summed E-state index contributed by atoms with van der Waals surface area (Å²) in [7, 11) is 0. The fourth-order valence-corrected chi connectivity index (χ4v) is 3.77. The zero-order valence-electron chi connectivity index (χ0n) is 19.5. The monoisotopic (exact) mass is 495 g/mol. The molecule has 0 spiro atoms. The number of phenolic OH excluding ortho intramolecular Hbond substituents is 1. The van der Waals surface area contributed by atoms with E-state index in [-0.39, 0.29) is 5.76 Å². The second kappa shape index (κ2) is 11.8. The van der Waals surface area contributed by atoms with Crippen molar-refractivity contribution in [3.8, 4) is 16.9 Å². The van der Waals surface area contributed by atoms with Gasteiger partial charge in [-0.3, -0.25) is 20.3 Å². The first-order valence-electron chi connectivity index (χ1n) is 11.2. The van der Waals surface area contributed by atoms with Crippen LogP contribution in [0.5, 0.6) is 5.75 Å². The van der Waals surface area contributed by atoms with Crippen molar-refractivity contribution >= 4 is 23.5 Å². The lowest BCUT2D eigenvalue weighted by Gasteiger charge is -2.09. The van der Waals surface area contributed by atoms with Crippen LogP contribution < -0.4 is 11.3 Å². The predicted molar refractivity (Wildman–Crippen MR) is 128 cm³/mol. The Kier molecular flexibility index (Phi) is 8.52. The summed E-state index contributed by atoms with van der Waals surface area (Å²) in [6.07, 6.45) is 6.58. The van der Waals surface area contributed by atoms with Crippen molar-refractivity contribution in [3.63, 3.8) is 0 Å². The van der Waals surface area contributed by atoms with Crippen LogP contribution in [0.15, 0.2) is 53.1 Å². The van der Waals surface area contributed by atoms with Crippen LogP contribution in [0.4, 0.5) is 5.69 Å². The zero-order valence-corrected chi connectivity index (χ0v) is 19.5. The molecule has 0 aliphatic carbocycles. The minimum atomic E-state index is -1.37. The number of esters is 2. The van der Waals surface area contributed by atoms with Crippen LogP contribution in [0.25, 0.3) is 11.1 Å². The number of nitrogens with zero attached hydrogens (tertiary/aromatic N) is 1. The molecule has 3 aromatic rings. The van der Waals surface area contributed by atoms with Gasteiger partial charge in [-0.25, -0.2) is 15.4 Å². The van der Waals surface area contributed by atoms with Crippen LogP contribution >= 0.6 is 0 Å². The second-order valence-electron chi connectivity index (χ2n) is 7.94. The number of ether oxygens (including phenoxy) is 1. The topological polar surface area (TPSA) is 175 Å². The number of nitrogen functional groups attached to an aromatic ring is 1. The summed E-state index contributed by atoms with van der Waals surface area (Å²) >= 11 is 0. The number of nitrogens with two attached hydrogens (primary N) is 1. The number of furan rings is 1. The first-order valence-corrected chi connectivity index (χ1v) is 11.2. The lowest BCUT2D eigenvalue weighted by molar-refractivity contribution is -0.386. The van der Waals surface area contributed by atoms with Gasteiger partial charge in [0.05, 0.1) is 16.7 Å². The van der Waals surface area contributed by atoms with Crippen molar-refractivity contribution in [2.75, 3.05) is 0 Å². The summed E-state index contributed by atoms with van der Waals surface area (Å²) in [5.74, 6) is 0.183. The van der Waals surface area contributed by atoms with Gasteiger partial charge in [0.1, 0.15) is 5.56 Å². The molecule has 0 unspecified atom stereocenters. The maximum absolute atomic E-state index is 12.8. The number of amides is 1. The average Bonchev–Trinajstić information content (AvgIpc) is 3.36. The summed E-state index contributed by atoms with van der Waals surface area (Å²) in [5.41, 5.74) is 1.27. The standard InChI is InChI=1S/C25H25N3O8/c1-2-3-4-5-7-15-8-6-9-16(14-15)17-12-13-35-22(17)25(32)36-24(31)18-10-11-19(29)21(28(33)34)20(18)23(30)27-26/h6,8-14,29H,2-5,7,26H2,1H3,(H,27,30). The van der Waals surface area contributed by atoms with E-state index >= 15 is 0 Å². The third-order valence-corrected chi connectivity index (χ3v) is 5.51. The number of hydrogen-bond acceptors (Lipinski definition) is 9. The molecule has 0 saturated heterocycles. The normalized spacial score (nSPS) is 10.6. The molecule has 11 heteroatoms. The van der Waals surface area contributed by atoms with Gasteiger partial charge in [-0.1, -0.05) is 50.5 Å². The molecule has 0 aliphatic heterocycles. The van der Waals surface area contributed by atoms with Gasteiger partial charge >= 0.3 is 17.6 Å². The number of unbranched alkanes of at least 4 members (excludes halogenated alkanes) is 3. The highest BCUT2D eigenvalue weighted by Crippen LogP contribution is 2.33. The summed E-state index contributed by atoms with van der Waals surface area (Å²) < 4.78 is 10.2. The maximum Gasteiger partial charge on any atom is 0.382 e. The highest BCUT2D eigenvalue weighted by molar-refractivity contribution is 6.12. The van der Waals surface area contributed by atoms with Crippen molar-refractivity contribution < 1.29 is 33.6 Å². The number of aromatic hydroxyl groups is 1. The van der Waals surface area contributed by atoms with E-state index in [1.54, 1.807) is 17.6 Å². The van der Waals surface area contributed by atoms with E-state index in [0.717, 1.165) is 49.8 Å². The molecule has 11 nitrogen and oxygen atoms in total. The number of rotatable bonds is 10. The number of phenols is 1.